The Kier molecular flexibility index (Phi) is 4.36. The van der Waals surface area contributed by atoms with Gasteiger partial charge in [-0.3, -0.25) is 0 Å². The third kappa shape index (κ3) is 2.48. The van der Waals surface area contributed by atoms with E-state index in [4.69, 9.17) is 35.6 Å². The van der Waals surface area contributed by atoms with Crippen molar-refractivity contribution in [3.8, 4) is 0 Å². The molecule has 1 saturated carbocycles. The molecule has 6 nitrogen and oxygen atoms in total. The number of fused-ring (bicyclic) bond motifs is 2. The molecule has 0 radical (unpaired) electrons. The molecule has 7 heteroatoms. The summed E-state index contributed by atoms with van der Waals surface area (Å²) in [4.78, 5) is 24.6. The average Bonchev–Trinajstić information content (AvgIpc) is 2.67. The Morgan fingerprint density at radius 3 is 2.76 bits per heavy atom. The number of hydrogen-bond acceptors (Lipinski definition) is 6. The van der Waals surface area contributed by atoms with Crippen molar-refractivity contribution in [1.82, 2.24) is 0 Å². The van der Waals surface area contributed by atoms with E-state index in [9.17, 15) is 4.79 Å². The molecule has 0 N–H and O–H groups in total. The zero-order valence-corrected chi connectivity index (χ0v) is 15.8. The monoisotopic (exact) mass is 374 g/mol. The van der Waals surface area contributed by atoms with Crippen molar-refractivity contribution in [2.75, 3.05) is 12.5 Å². The molecule has 4 heterocycles. The highest BCUT2D eigenvalue weighted by Gasteiger charge is 2.76. The van der Waals surface area contributed by atoms with Gasteiger partial charge in [0.2, 0.25) is 5.79 Å². The standard InChI is InChI=1S/C18H27ClO6/c1-11-5-6-13-17(3,14(20)21-10-4-9-19)23-15-18(13)12(11)7-8-16(2,22-15)24-25-18/h11-13,15H,4-10H2,1-3H3/t11-,12+,13?,15-,16-,17+,18-/m1/s1. The van der Waals surface area contributed by atoms with Crippen molar-refractivity contribution < 1.29 is 28.8 Å². The van der Waals surface area contributed by atoms with Crippen LogP contribution in [0.1, 0.15) is 52.9 Å². The van der Waals surface area contributed by atoms with Crippen LogP contribution in [0.4, 0.5) is 0 Å². The molecule has 5 rings (SSSR count). The lowest BCUT2D eigenvalue weighted by molar-refractivity contribution is -0.541. The summed E-state index contributed by atoms with van der Waals surface area (Å²) in [7, 11) is 0. The zero-order valence-electron chi connectivity index (χ0n) is 15.1. The lowest BCUT2D eigenvalue weighted by atomic mass is 9.60. The maximum Gasteiger partial charge on any atom is 0.338 e. The molecule has 25 heavy (non-hydrogen) atoms. The van der Waals surface area contributed by atoms with Crippen LogP contribution in [0.3, 0.4) is 0 Å². The van der Waals surface area contributed by atoms with Crippen LogP contribution < -0.4 is 0 Å². The number of alkyl halides is 1. The van der Waals surface area contributed by atoms with E-state index in [2.05, 4.69) is 6.92 Å². The fourth-order valence-electron chi connectivity index (χ4n) is 5.26. The van der Waals surface area contributed by atoms with Crippen LogP contribution in [-0.4, -0.2) is 41.7 Å². The highest BCUT2D eigenvalue weighted by atomic mass is 35.5. The quantitative estimate of drug-likeness (QED) is 0.326. The van der Waals surface area contributed by atoms with Gasteiger partial charge >= 0.3 is 5.97 Å². The summed E-state index contributed by atoms with van der Waals surface area (Å²) < 4.78 is 17.9. The Balaban J connectivity index is 1.68. The number of ether oxygens (including phenoxy) is 3. The molecule has 142 valence electrons. The maximum absolute atomic E-state index is 12.9. The van der Waals surface area contributed by atoms with Crippen LogP contribution in [0.5, 0.6) is 0 Å². The smallest absolute Gasteiger partial charge is 0.338 e. The first-order chi connectivity index (χ1) is 11.9. The Morgan fingerprint density at radius 2 is 2.00 bits per heavy atom. The van der Waals surface area contributed by atoms with Crippen molar-refractivity contribution in [2.24, 2.45) is 17.8 Å². The summed E-state index contributed by atoms with van der Waals surface area (Å²) in [5, 5.41) is 0. The first-order valence-corrected chi connectivity index (χ1v) is 9.85. The van der Waals surface area contributed by atoms with E-state index in [0.717, 1.165) is 25.7 Å². The number of rotatable bonds is 4. The molecule has 4 saturated heterocycles. The van der Waals surface area contributed by atoms with Gasteiger partial charge in [-0.2, -0.15) is 0 Å². The van der Waals surface area contributed by atoms with E-state index in [1.165, 1.54) is 0 Å². The fraction of sp³-hybridized carbons (Fsp3) is 0.944. The lowest BCUT2D eigenvalue weighted by Gasteiger charge is -2.50. The highest BCUT2D eigenvalue weighted by molar-refractivity contribution is 6.17. The molecule has 0 amide bonds. The molecule has 1 spiro atoms. The minimum atomic E-state index is -1.10. The summed E-state index contributed by atoms with van der Waals surface area (Å²) in [6, 6.07) is 0. The van der Waals surface area contributed by atoms with E-state index in [1.54, 1.807) is 6.92 Å². The number of carbonyl (C=O) groups excluding carboxylic acids is 1. The van der Waals surface area contributed by atoms with Crippen LogP contribution >= 0.6 is 11.6 Å². The first kappa shape index (κ1) is 18.0. The van der Waals surface area contributed by atoms with Gasteiger partial charge in [-0.1, -0.05) is 6.92 Å². The molecule has 1 aliphatic carbocycles. The van der Waals surface area contributed by atoms with Crippen LogP contribution in [0.15, 0.2) is 0 Å². The molecule has 2 bridgehead atoms. The molecule has 1 unspecified atom stereocenters. The van der Waals surface area contributed by atoms with Gasteiger partial charge in [0.05, 0.1) is 6.61 Å². The van der Waals surface area contributed by atoms with E-state index >= 15 is 0 Å². The SMILES string of the molecule is C[C@@H]1CCC2[C@]34OO[C@](C)(CC[C@@H]13)O[C@@H]4O[C@]2(C)C(=O)OCCCCl. The molecular weight excluding hydrogens is 348 g/mol. The van der Waals surface area contributed by atoms with Gasteiger partial charge in [0.1, 0.15) is 0 Å². The normalized spacial score (nSPS) is 51.0. The van der Waals surface area contributed by atoms with Crippen molar-refractivity contribution in [1.29, 1.82) is 0 Å². The lowest BCUT2D eigenvalue weighted by Crippen LogP contribution is -2.62. The van der Waals surface area contributed by atoms with Crippen LogP contribution in [0.2, 0.25) is 0 Å². The van der Waals surface area contributed by atoms with Crippen molar-refractivity contribution in [3.05, 3.63) is 0 Å². The van der Waals surface area contributed by atoms with Gasteiger partial charge in [0, 0.05) is 18.2 Å². The Morgan fingerprint density at radius 1 is 1.20 bits per heavy atom. The number of halogens is 1. The highest BCUT2D eigenvalue weighted by Crippen LogP contribution is 2.63. The van der Waals surface area contributed by atoms with Gasteiger partial charge < -0.3 is 14.2 Å². The Hall–Kier alpha value is -0.400. The summed E-state index contributed by atoms with van der Waals surface area (Å²) in [6.45, 7) is 6.21. The minimum Gasteiger partial charge on any atom is -0.464 e. The second kappa shape index (κ2) is 6.06. The van der Waals surface area contributed by atoms with Gasteiger partial charge in [-0.15, -0.1) is 11.6 Å². The van der Waals surface area contributed by atoms with Gasteiger partial charge in [-0.25, -0.2) is 14.6 Å². The second-order valence-electron chi connectivity index (χ2n) is 8.26. The Labute approximate surface area is 153 Å². The molecule has 5 fully saturated rings. The van der Waals surface area contributed by atoms with Gasteiger partial charge in [0.25, 0.3) is 0 Å². The van der Waals surface area contributed by atoms with Crippen LogP contribution in [0.25, 0.3) is 0 Å². The first-order valence-electron chi connectivity index (χ1n) is 9.31. The van der Waals surface area contributed by atoms with Crippen molar-refractivity contribution in [3.63, 3.8) is 0 Å². The summed E-state index contributed by atoms with van der Waals surface area (Å²) in [6.07, 6.45) is 3.54. The van der Waals surface area contributed by atoms with E-state index in [1.807, 2.05) is 6.92 Å². The minimum absolute atomic E-state index is 0.155. The summed E-state index contributed by atoms with van der Waals surface area (Å²) >= 11 is 5.68. The fourth-order valence-corrected chi connectivity index (χ4v) is 5.37. The van der Waals surface area contributed by atoms with Gasteiger partial charge in [0.15, 0.2) is 17.5 Å². The Bertz CT molecular complexity index is 558. The third-order valence-corrected chi connectivity index (χ3v) is 6.92. The zero-order chi connectivity index (χ0) is 17.9. The summed E-state index contributed by atoms with van der Waals surface area (Å²) in [5.41, 5.74) is -1.84. The van der Waals surface area contributed by atoms with Crippen LogP contribution in [0, 0.1) is 17.8 Å². The topological polar surface area (TPSA) is 63.2 Å². The van der Waals surface area contributed by atoms with Crippen molar-refractivity contribution in [2.45, 2.75) is 76.2 Å². The van der Waals surface area contributed by atoms with E-state index < -0.39 is 23.3 Å². The molecule has 0 aromatic heterocycles. The number of esters is 1. The molecule has 5 aliphatic rings. The molecule has 7 atom stereocenters. The predicted molar refractivity (Wildman–Crippen MR) is 88.6 cm³/mol. The van der Waals surface area contributed by atoms with E-state index in [0.29, 0.717) is 24.8 Å². The number of carbonyl (C=O) groups is 1. The van der Waals surface area contributed by atoms with Crippen LogP contribution in [-0.2, 0) is 28.8 Å². The van der Waals surface area contributed by atoms with E-state index in [-0.39, 0.29) is 17.8 Å². The van der Waals surface area contributed by atoms with Crippen molar-refractivity contribution >= 4 is 17.6 Å². The number of hydrogen-bond donors (Lipinski definition) is 0. The summed E-state index contributed by atoms with van der Waals surface area (Å²) in [5.74, 6) is -0.191. The molecule has 4 aliphatic heterocycles. The third-order valence-electron chi connectivity index (χ3n) is 6.65. The largest absolute Gasteiger partial charge is 0.464 e. The van der Waals surface area contributed by atoms with Gasteiger partial charge in [-0.05, 0) is 51.4 Å². The maximum atomic E-state index is 12.9. The average molecular weight is 375 g/mol. The molecule has 0 aromatic carbocycles. The molecule has 0 aromatic rings. The molecular formula is C18H27ClO6. The predicted octanol–water partition coefficient (Wildman–Crippen LogP) is 3.16. The second-order valence-corrected chi connectivity index (χ2v) is 8.64.